The molecule has 3 rings (SSSR count). The fourth-order valence-electron chi connectivity index (χ4n) is 4.63. The lowest BCUT2D eigenvalue weighted by molar-refractivity contribution is -0.193. The van der Waals surface area contributed by atoms with Gasteiger partial charge in [-0.15, -0.1) is 0 Å². The predicted octanol–water partition coefficient (Wildman–Crippen LogP) is 0.254. The van der Waals surface area contributed by atoms with Crippen LogP contribution in [-0.2, 0) is 95.5 Å². The van der Waals surface area contributed by atoms with Crippen molar-refractivity contribution >= 4 is 60.2 Å². The number of aliphatic hydroxyl groups excluding tert-OH is 5. The summed E-state index contributed by atoms with van der Waals surface area (Å²) in [5, 5.41) is 46.2. The zero-order valence-corrected chi connectivity index (χ0v) is 39.7. The maximum absolute atomic E-state index is 11.0. The Morgan fingerprint density at radius 2 is 1.10 bits per heavy atom. The maximum atomic E-state index is 11.0. The summed E-state index contributed by atoms with van der Waals surface area (Å²) in [6, 6.07) is 0. The van der Waals surface area contributed by atoms with Crippen molar-refractivity contribution in [1.29, 1.82) is 0 Å². The molecule has 3 heterocycles. The number of rotatable bonds is 18. The summed E-state index contributed by atoms with van der Waals surface area (Å²) in [5.74, 6) is -4.60. The van der Waals surface area contributed by atoms with E-state index >= 15 is 0 Å². The summed E-state index contributed by atoms with van der Waals surface area (Å²) in [5.41, 5.74) is 0. The highest BCUT2D eigenvalue weighted by Gasteiger charge is 2.48. The number of allylic oxidation sites excluding steroid dienone is 4. The quantitative estimate of drug-likeness (QED) is 0.0532. The maximum Gasteiger partial charge on any atom is 0.373 e. The Hall–Kier alpha value is -6.55. The Balaban J connectivity index is -0.000000239. The van der Waals surface area contributed by atoms with Gasteiger partial charge in [-0.2, -0.15) is 28.8 Å². The minimum absolute atomic E-state index is 0.0508. The van der Waals surface area contributed by atoms with Crippen LogP contribution in [0.25, 0.3) is 0 Å². The number of unbranched alkanes of at least 4 members (excludes halogenated alkanes) is 3. The second-order valence-electron chi connectivity index (χ2n) is 12.8. The molecule has 2 fully saturated rings. The molecule has 25 nitrogen and oxygen atoms in total. The molecule has 0 radical (unpaired) electrons. The number of aliphatic hydroxyl groups is 5. The predicted molar refractivity (Wildman–Crippen MR) is 227 cm³/mol. The van der Waals surface area contributed by atoms with Crippen LogP contribution >= 0.6 is 0 Å². The monoisotopic (exact) mass is 994 g/mol. The Bertz CT molecular complexity index is 1600. The van der Waals surface area contributed by atoms with Crippen molar-refractivity contribution in [1.82, 2.24) is 0 Å². The molecule has 0 aromatic carbocycles. The summed E-state index contributed by atoms with van der Waals surface area (Å²) in [6.45, 7) is 14.0. The lowest BCUT2D eigenvalue weighted by Crippen LogP contribution is -2.43. The first-order valence-electron chi connectivity index (χ1n) is 21.4. The molecule has 0 aliphatic carbocycles. The van der Waals surface area contributed by atoms with Crippen LogP contribution in [0.4, 0.5) is 0 Å². The van der Waals surface area contributed by atoms with Crippen LogP contribution in [0, 0.1) is 0 Å². The van der Waals surface area contributed by atoms with E-state index in [9.17, 15) is 54.0 Å². The minimum atomic E-state index is -1.79. The van der Waals surface area contributed by atoms with E-state index in [0.717, 1.165) is 31.8 Å². The molecule has 0 saturated carbocycles. The van der Waals surface area contributed by atoms with E-state index in [1.807, 2.05) is 6.92 Å². The Labute approximate surface area is 398 Å². The van der Waals surface area contributed by atoms with Gasteiger partial charge in [0, 0.05) is 18.9 Å². The van der Waals surface area contributed by atoms with Gasteiger partial charge >= 0.3 is 60.2 Å². The topological polar surface area (TPSA) is 388 Å². The fraction of sp³-hybridized carbons (Fsp3) is 0.636. The van der Waals surface area contributed by atoms with E-state index in [2.05, 4.69) is 68.8 Å². The summed E-state index contributed by atoms with van der Waals surface area (Å²) < 4.78 is 32.1. The second-order valence-corrected chi connectivity index (χ2v) is 12.8. The minimum Gasteiger partial charge on any atom is -0.466 e. The largest absolute Gasteiger partial charge is 0.466 e. The van der Waals surface area contributed by atoms with E-state index in [1.165, 1.54) is 25.8 Å². The first kappa shape index (κ1) is 71.4. The summed E-state index contributed by atoms with van der Waals surface area (Å²) in [4.78, 5) is 124. The number of ether oxygens (including phenoxy) is 7. The molecule has 3 aliphatic heterocycles. The van der Waals surface area contributed by atoms with E-state index in [0.29, 0.717) is 19.4 Å². The highest BCUT2D eigenvalue weighted by atomic mass is 16.6. The van der Waals surface area contributed by atoms with Gasteiger partial charge < -0.3 is 58.7 Å². The Morgan fingerprint density at radius 3 is 1.45 bits per heavy atom. The molecule has 2 saturated heterocycles. The van der Waals surface area contributed by atoms with Crippen LogP contribution in [0.5, 0.6) is 0 Å². The Kier molecular flexibility index (Phi) is 51.1. The van der Waals surface area contributed by atoms with Crippen LogP contribution in [0.2, 0.25) is 0 Å². The van der Waals surface area contributed by atoms with Gasteiger partial charge in [0.1, 0.15) is 12.2 Å². The molecule has 0 aromatic heterocycles. The molecule has 3 aliphatic rings. The third-order valence-electron chi connectivity index (χ3n) is 7.70. The third-order valence-corrected chi connectivity index (χ3v) is 7.70. The molecule has 0 unspecified atom stereocenters. The van der Waals surface area contributed by atoms with Gasteiger partial charge in [-0.3, -0.25) is 9.59 Å². The van der Waals surface area contributed by atoms with Crippen molar-refractivity contribution in [3.8, 4) is 0 Å². The average molecular weight is 995 g/mol. The SMILES string of the molecule is CC/C=C\C=C\CC.CCCCCCC(=O)OCC.CCOC(=O)[C@H](O)[C@@H]1C=CC(=O)O1.CCOC(=O)[C@H](O)[C@@H]1CCC(=O)O1.CCOC(=O)[C@H](O)[C@H]1OC(=O)[C@@H](O)[C@H]1O.O=C=O.O=C=O.O=C=O. The van der Waals surface area contributed by atoms with Gasteiger partial charge in [-0.1, -0.05) is 64.3 Å². The summed E-state index contributed by atoms with van der Waals surface area (Å²) in [6.07, 6.45) is 8.69. The lowest BCUT2D eigenvalue weighted by atomic mass is 10.1. The van der Waals surface area contributed by atoms with Gasteiger partial charge in [0.2, 0.25) is 0 Å². The molecular formula is C44H66O25. The van der Waals surface area contributed by atoms with Crippen molar-refractivity contribution in [2.75, 3.05) is 26.4 Å². The second kappa shape index (κ2) is 49.4. The van der Waals surface area contributed by atoms with Crippen LogP contribution in [0.15, 0.2) is 36.5 Å². The average Bonchev–Trinajstić information content (AvgIpc) is 4.03. The van der Waals surface area contributed by atoms with Crippen molar-refractivity contribution in [2.45, 2.75) is 155 Å². The van der Waals surface area contributed by atoms with E-state index in [-0.39, 0.29) is 56.6 Å². The van der Waals surface area contributed by atoms with Crippen LogP contribution in [0.3, 0.4) is 0 Å². The number of hydrogen-bond donors (Lipinski definition) is 5. The van der Waals surface area contributed by atoms with E-state index < -0.39 is 78.7 Å². The lowest BCUT2D eigenvalue weighted by Gasteiger charge is -2.18. The normalized spacial score (nSPS) is 19.0. The van der Waals surface area contributed by atoms with Gasteiger partial charge in [-0.05, 0) is 59.5 Å². The molecule has 8 atom stereocenters. The number of esters is 7. The van der Waals surface area contributed by atoms with Crippen LogP contribution < -0.4 is 0 Å². The van der Waals surface area contributed by atoms with Crippen LogP contribution in [0.1, 0.15) is 106 Å². The molecule has 69 heavy (non-hydrogen) atoms. The van der Waals surface area contributed by atoms with Crippen molar-refractivity contribution in [3.63, 3.8) is 0 Å². The molecule has 0 amide bonds. The standard InChI is InChI=1S/C9H18O2.C8H12O7.C8H12O5.C8H10O5.C8H14.3CO2/c1-3-5-6-7-8-9(10)11-4-2;1-2-14-7(12)5(11)6-3(9)4(10)8(13)15-6;2*1-2-12-8(11)7(10)5-3-4-6(9)13-5;1-3-5-7-8-6-4-2;3*2-1-3/h3-8H2,1-2H3;3-6,9-11H,2H2,1H3;5,7,10H,2-4H2,1H3;3-5,7,10H,2H2,1H3;5-8H,3-4H2,1-2H3;;;/b;;;;7-5-,8-6+;;;/t;3-,4+,5-,6+;2*5-,7+;;;;/m.100..../s1. The van der Waals surface area contributed by atoms with Gasteiger partial charge in [0.25, 0.3) is 0 Å². The zero-order chi connectivity index (χ0) is 54.2. The number of cyclic esters (lactones) is 3. The highest BCUT2D eigenvalue weighted by Crippen LogP contribution is 2.20. The molecule has 0 spiro atoms. The van der Waals surface area contributed by atoms with Crippen molar-refractivity contribution in [2.24, 2.45) is 0 Å². The summed E-state index contributed by atoms with van der Waals surface area (Å²) >= 11 is 0. The Morgan fingerprint density at radius 1 is 0.652 bits per heavy atom. The molecule has 0 bridgehead atoms. The van der Waals surface area contributed by atoms with Crippen molar-refractivity contribution in [3.05, 3.63) is 36.5 Å². The van der Waals surface area contributed by atoms with Crippen LogP contribution in [-0.4, -0.2) is 161 Å². The molecule has 0 aromatic rings. The van der Waals surface area contributed by atoms with E-state index in [1.54, 1.807) is 13.8 Å². The fourth-order valence-corrected chi connectivity index (χ4v) is 4.63. The zero-order valence-electron chi connectivity index (χ0n) is 39.7. The highest BCUT2D eigenvalue weighted by molar-refractivity contribution is 5.86. The number of carbonyl (C=O) groups is 7. The molecular weight excluding hydrogens is 928 g/mol. The molecule has 25 heteroatoms. The van der Waals surface area contributed by atoms with Gasteiger partial charge in [0.15, 0.2) is 36.6 Å². The first-order chi connectivity index (χ1) is 32.7. The first-order valence-corrected chi connectivity index (χ1v) is 21.4. The molecule has 5 N–H and O–H groups in total. The third kappa shape index (κ3) is 39.2. The smallest absolute Gasteiger partial charge is 0.373 e. The van der Waals surface area contributed by atoms with Gasteiger partial charge in [0.05, 0.1) is 26.4 Å². The number of hydrogen-bond acceptors (Lipinski definition) is 25. The molecule has 392 valence electrons. The number of carbonyl (C=O) groups excluding carboxylic acids is 13. The van der Waals surface area contributed by atoms with Gasteiger partial charge in [-0.25, -0.2) is 24.0 Å². The summed E-state index contributed by atoms with van der Waals surface area (Å²) in [7, 11) is 0. The van der Waals surface area contributed by atoms with Crippen molar-refractivity contribution < 1.29 is 121 Å². The van der Waals surface area contributed by atoms with E-state index in [4.69, 9.17) is 43.3 Å².